The number of carbonyl (C=O) groups is 1. The highest BCUT2D eigenvalue weighted by Crippen LogP contribution is 2.29. The molecule has 0 saturated carbocycles. The minimum atomic E-state index is -0.0210. The number of amides is 1. The van der Waals surface area contributed by atoms with E-state index in [2.05, 4.69) is 5.32 Å². The fourth-order valence-corrected chi connectivity index (χ4v) is 2.97. The Morgan fingerprint density at radius 3 is 2.38 bits per heavy atom. The van der Waals surface area contributed by atoms with Gasteiger partial charge < -0.3 is 19.5 Å². The molecule has 0 saturated heterocycles. The van der Waals surface area contributed by atoms with Gasteiger partial charge in [-0.25, -0.2) is 0 Å². The molecule has 0 radical (unpaired) electrons. The predicted octanol–water partition coefficient (Wildman–Crippen LogP) is 3.90. The molecule has 0 aliphatic carbocycles. The Bertz CT molecular complexity index is 716. The van der Waals surface area contributed by atoms with Crippen molar-refractivity contribution in [3.63, 3.8) is 0 Å². The Kier molecular flexibility index (Phi) is 7.66. The Labute approximate surface area is 159 Å². The van der Waals surface area contributed by atoms with Gasteiger partial charge in [-0.3, -0.25) is 4.79 Å². The Balaban J connectivity index is 1.84. The van der Waals surface area contributed by atoms with Crippen LogP contribution in [0, 0.1) is 0 Å². The molecule has 26 heavy (non-hydrogen) atoms. The molecule has 140 valence electrons. The SMILES string of the molecule is COc1ccc(SCC(=O)NCc2ccc(OC(C)C)c(OC)c2)cc1. The first-order valence-electron chi connectivity index (χ1n) is 8.39. The maximum Gasteiger partial charge on any atom is 0.230 e. The van der Waals surface area contributed by atoms with Gasteiger partial charge in [0.25, 0.3) is 0 Å². The second-order valence-corrected chi connectivity index (χ2v) is 6.94. The van der Waals surface area contributed by atoms with E-state index in [9.17, 15) is 4.79 Å². The molecular weight excluding hydrogens is 350 g/mol. The lowest BCUT2D eigenvalue weighted by Gasteiger charge is -2.14. The molecule has 2 rings (SSSR count). The van der Waals surface area contributed by atoms with Gasteiger partial charge in [-0.05, 0) is 55.8 Å². The summed E-state index contributed by atoms with van der Waals surface area (Å²) in [6.07, 6.45) is 0.0735. The van der Waals surface area contributed by atoms with Gasteiger partial charge in [0, 0.05) is 11.4 Å². The molecular formula is C20H25NO4S. The van der Waals surface area contributed by atoms with Crippen molar-refractivity contribution in [2.75, 3.05) is 20.0 Å². The summed E-state index contributed by atoms with van der Waals surface area (Å²) >= 11 is 1.49. The van der Waals surface area contributed by atoms with E-state index in [4.69, 9.17) is 14.2 Å². The molecule has 0 spiro atoms. The highest BCUT2D eigenvalue weighted by Gasteiger charge is 2.09. The molecule has 0 aliphatic heterocycles. The Hall–Kier alpha value is -2.34. The minimum Gasteiger partial charge on any atom is -0.497 e. The second-order valence-electron chi connectivity index (χ2n) is 5.89. The number of ether oxygens (including phenoxy) is 3. The zero-order chi connectivity index (χ0) is 18.9. The van der Waals surface area contributed by atoms with Crippen molar-refractivity contribution in [2.45, 2.75) is 31.4 Å². The van der Waals surface area contributed by atoms with E-state index in [0.717, 1.165) is 16.2 Å². The maximum atomic E-state index is 12.1. The van der Waals surface area contributed by atoms with E-state index < -0.39 is 0 Å². The van der Waals surface area contributed by atoms with E-state index in [-0.39, 0.29) is 12.0 Å². The van der Waals surface area contributed by atoms with E-state index in [1.165, 1.54) is 11.8 Å². The molecule has 0 aliphatic rings. The fourth-order valence-electron chi connectivity index (χ4n) is 2.25. The van der Waals surface area contributed by atoms with Crippen LogP contribution in [0.2, 0.25) is 0 Å². The molecule has 0 heterocycles. The number of benzene rings is 2. The van der Waals surface area contributed by atoms with Crippen LogP contribution in [0.25, 0.3) is 0 Å². The highest BCUT2D eigenvalue weighted by atomic mass is 32.2. The summed E-state index contributed by atoms with van der Waals surface area (Å²) in [5.41, 5.74) is 0.959. The average molecular weight is 375 g/mol. The molecule has 1 N–H and O–H groups in total. The molecule has 2 aromatic carbocycles. The molecule has 0 fully saturated rings. The van der Waals surface area contributed by atoms with Crippen molar-refractivity contribution in [3.8, 4) is 17.2 Å². The number of thioether (sulfide) groups is 1. The van der Waals surface area contributed by atoms with E-state index in [1.54, 1.807) is 14.2 Å². The lowest BCUT2D eigenvalue weighted by Crippen LogP contribution is -2.24. The zero-order valence-corrected chi connectivity index (χ0v) is 16.4. The molecule has 2 aromatic rings. The van der Waals surface area contributed by atoms with Gasteiger partial charge in [0.15, 0.2) is 11.5 Å². The Morgan fingerprint density at radius 1 is 1.04 bits per heavy atom. The number of carbonyl (C=O) groups excluding carboxylic acids is 1. The number of methoxy groups -OCH3 is 2. The average Bonchev–Trinajstić information content (AvgIpc) is 2.65. The van der Waals surface area contributed by atoms with Crippen LogP contribution in [-0.2, 0) is 11.3 Å². The molecule has 0 atom stereocenters. The van der Waals surface area contributed by atoms with Crippen molar-refractivity contribution in [3.05, 3.63) is 48.0 Å². The first kappa shape index (κ1) is 20.0. The second kappa shape index (κ2) is 9.97. The first-order valence-corrected chi connectivity index (χ1v) is 9.37. The van der Waals surface area contributed by atoms with Gasteiger partial charge >= 0.3 is 0 Å². The van der Waals surface area contributed by atoms with E-state index >= 15 is 0 Å². The number of nitrogens with one attached hydrogen (secondary N) is 1. The number of rotatable bonds is 9. The van der Waals surface area contributed by atoms with Gasteiger partial charge in [-0.1, -0.05) is 6.07 Å². The van der Waals surface area contributed by atoms with Crippen molar-refractivity contribution < 1.29 is 19.0 Å². The molecule has 6 heteroatoms. The van der Waals surface area contributed by atoms with Crippen LogP contribution in [0.1, 0.15) is 19.4 Å². The van der Waals surface area contributed by atoms with Crippen LogP contribution in [0.15, 0.2) is 47.4 Å². The van der Waals surface area contributed by atoms with Crippen molar-refractivity contribution >= 4 is 17.7 Å². The molecule has 0 unspecified atom stereocenters. The van der Waals surface area contributed by atoms with Gasteiger partial charge in [-0.15, -0.1) is 11.8 Å². The number of hydrogen-bond donors (Lipinski definition) is 1. The summed E-state index contributed by atoms with van der Waals surface area (Å²) in [6.45, 7) is 4.38. The number of hydrogen-bond acceptors (Lipinski definition) is 5. The van der Waals surface area contributed by atoms with Gasteiger partial charge in [-0.2, -0.15) is 0 Å². The smallest absolute Gasteiger partial charge is 0.230 e. The lowest BCUT2D eigenvalue weighted by molar-refractivity contribution is -0.118. The summed E-state index contributed by atoms with van der Waals surface area (Å²) in [6, 6.07) is 13.3. The summed E-state index contributed by atoms with van der Waals surface area (Å²) in [5, 5.41) is 2.92. The molecule has 0 bridgehead atoms. The lowest BCUT2D eigenvalue weighted by atomic mass is 10.2. The van der Waals surface area contributed by atoms with Crippen LogP contribution in [0.3, 0.4) is 0 Å². The fraction of sp³-hybridized carbons (Fsp3) is 0.350. The third-order valence-corrected chi connectivity index (χ3v) is 4.52. The first-order chi connectivity index (χ1) is 12.5. The summed E-state index contributed by atoms with van der Waals surface area (Å²) in [7, 11) is 3.24. The standard InChI is InChI=1S/C20H25NO4S/c1-14(2)25-18-10-5-15(11-19(18)24-4)12-21-20(22)13-26-17-8-6-16(23-3)7-9-17/h5-11,14H,12-13H2,1-4H3,(H,21,22). The summed E-state index contributed by atoms with van der Waals surface area (Å²) < 4.78 is 16.2. The monoisotopic (exact) mass is 375 g/mol. The van der Waals surface area contributed by atoms with Crippen LogP contribution >= 0.6 is 11.8 Å². The van der Waals surface area contributed by atoms with Crippen LogP contribution in [0.5, 0.6) is 17.2 Å². The topological polar surface area (TPSA) is 56.8 Å². The molecule has 0 aromatic heterocycles. The van der Waals surface area contributed by atoms with Gasteiger partial charge in [0.05, 0.1) is 26.1 Å². The van der Waals surface area contributed by atoms with E-state index in [1.807, 2.05) is 56.3 Å². The van der Waals surface area contributed by atoms with Crippen LogP contribution in [-0.4, -0.2) is 32.0 Å². The summed E-state index contributed by atoms with van der Waals surface area (Å²) in [4.78, 5) is 13.1. The van der Waals surface area contributed by atoms with E-state index in [0.29, 0.717) is 23.8 Å². The normalized spacial score (nSPS) is 10.5. The van der Waals surface area contributed by atoms with Crippen LogP contribution in [0.4, 0.5) is 0 Å². The highest BCUT2D eigenvalue weighted by molar-refractivity contribution is 8.00. The minimum absolute atomic E-state index is 0.0210. The quantitative estimate of drug-likeness (QED) is 0.674. The molecule has 1 amide bonds. The summed E-state index contributed by atoms with van der Waals surface area (Å²) in [5.74, 6) is 2.51. The Morgan fingerprint density at radius 2 is 1.77 bits per heavy atom. The van der Waals surface area contributed by atoms with Crippen LogP contribution < -0.4 is 19.5 Å². The van der Waals surface area contributed by atoms with Crippen molar-refractivity contribution in [2.24, 2.45) is 0 Å². The van der Waals surface area contributed by atoms with Crippen molar-refractivity contribution in [1.82, 2.24) is 5.32 Å². The molecule has 5 nitrogen and oxygen atoms in total. The third-order valence-electron chi connectivity index (χ3n) is 3.51. The zero-order valence-electron chi connectivity index (χ0n) is 15.6. The van der Waals surface area contributed by atoms with Gasteiger partial charge in [0.2, 0.25) is 5.91 Å². The predicted molar refractivity (Wildman–Crippen MR) is 104 cm³/mol. The largest absolute Gasteiger partial charge is 0.497 e. The maximum absolute atomic E-state index is 12.1. The third kappa shape index (κ3) is 6.19. The van der Waals surface area contributed by atoms with Crippen molar-refractivity contribution in [1.29, 1.82) is 0 Å². The van der Waals surface area contributed by atoms with Gasteiger partial charge in [0.1, 0.15) is 5.75 Å².